The molecule has 0 rings (SSSR count). The molecule has 0 spiro atoms. The lowest BCUT2D eigenvalue weighted by molar-refractivity contribution is -0.167. The molecule has 6 nitrogen and oxygen atoms in total. The van der Waals surface area contributed by atoms with Crippen molar-refractivity contribution in [2.75, 3.05) is 13.2 Å². The van der Waals surface area contributed by atoms with Gasteiger partial charge in [-0.1, -0.05) is 190 Å². The predicted molar refractivity (Wildman–Crippen MR) is 238 cm³/mol. The van der Waals surface area contributed by atoms with Crippen LogP contribution in [0.5, 0.6) is 0 Å². The number of rotatable bonds is 40. The Hall–Kier alpha value is -3.15. The van der Waals surface area contributed by atoms with E-state index in [0.717, 1.165) is 109 Å². The van der Waals surface area contributed by atoms with Gasteiger partial charge in [0.1, 0.15) is 13.2 Å². The van der Waals surface area contributed by atoms with E-state index in [1.54, 1.807) is 0 Å². The van der Waals surface area contributed by atoms with Crippen LogP contribution in [0.25, 0.3) is 0 Å². The molecule has 0 bridgehead atoms. The van der Waals surface area contributed by atoms with Gasteiger partial charge in [-0.15, -0.1) is 0 Å². The van der Waals surface area contributed by atoms with Crippen LogP contribution in [-0.2, 0) is 28.6 Å². The Morgan fingerprint density at radius 2 is 0.786 bits per heavy atom. The smallest absolute Gasteiger partial charge is 0.306 e. The Morgan fingerprint density at radius 3 is 1.29 bits per heavy atom. The second-order valence-electron chi connectivity index (χ2n) is 15.0. The summed E-state index contributed by atoms with van der Waals surface area (Å²) in [6.07, 6.45) is 54.6. The van der Waals surface area contributed by atoms with Crippen LogP contribution in [0.1, 0.15) is 207 Å². The third kappa shape index (κ3) is 42.0. The summed E-state index contributed by atoms with van der Waals surface area (Å²) in [5.41, 5.74) is 0. The molecule has 0 heterocycles. The molecule has 0 amide bonds. The van der Waals surface area contributed by atoms with E-state index in [1.165, 1.54) is 57.8 Å². The van der Waals surface area contributed by atoms with Crippen molar-refractivity contribution in [3.05, 3.63) is 72.9 Å². The second-order valence-corrected chi connectivity index (χ2v) is 15.0. The third-order valence-corrected chi connectivity index (χ3v) is 9.52. The zero-order chi connectivity index (χ0) is 40.8. The van der Waals surface area contributed by atoms with Gasteiger partial charge < -0.3 is 14.2 Å². The minimum atomic E-state index is -0.787. The van der Waals surface area contributed by atoms with Crippen LogP contribution in [0.3, 0.4) is 0 Å². The predicted octanol–water partition coefficient (Wildman–Crippen LogP) is 14.7. The topological polar surface area (TPSA) is 78.9 Å². The number of unbranched alkanes of at least 4 members (excludes halogenated alkanes) is 19. The molecule has 0 aliphatic carbocycles. The Labute approximate surface area is 344 Å². The van der Waals surface area contributed by atoms with E-state index in [9.17, 15) is 14.4 Å². The van der Waals surface area contributed by atoms with Gasteiger partial charge in [0.05, 0.1) is 0 Å². The Kier molecular flexibility index (Phi) is 42.1. The van der Waals surface area contributed by atoms with Crippen molar-refractivity contribution in [3.8, 4) is 0 Å². The Balaban J connectivity index is 4.40. The highest BCUT2D eigenvalue weighted by Gasteiger charge is 2.19. The van der Waals surface area contributed by atoms with Crippen LogP contribution in [-0.4, -0.2) is 37.2 Å². The molecule has 0 aromatic rings. The van der Waals surface area contributed by atoms with E-state index in [-0.39, 0.29) is 31.1 Å². The molecule has 1 atom stereocenters. The maximum absolute atomic E-state index is 12.7. The van der Waals surface area contributed by atoms with E-state index in [2.05, 4.69) is 93.7 Å². The lowest BCUT2D eigenvalue weighted by atomic mass is 10.1. The zero-order valence-electron chi connectivity index (χ0n) is 36.4. The molecule has 56 heavy (non-hydrogen) atoms. The van der Waals surface area contributed by atoms with Gasteiger partial charge in [-0.25, -0.2) is 0 Å². The SMILES string of the molecule is CC\C=C/C=C\C=C/CCCCCCCC(=O)OC(COC(=O)CCCCCCCC/C=C\C/C=C\C/C=C\CC)COC(=O)CCCCCCCCCCC. The Morgan fingerprint density at radius 1 is 0.393 bits per heavy atom. The summed E-state index contributed by atoms with van der Waals surface area (Å²) >= 11 is 0. The van der Waals surface area contributed by atoms with Crippen molar-refractivity contribution in [3.63, 3.8) is 0 Å². The molecule has 320 valence electrons. The molecular formula is C50H84O6. The number of esters is 3. The monoisotopic (exact) mass is 781 g/mol. The van der Waals surface area contributed by atoms with Crippen molar-refractivity contribution in [2.45, 2.75) is 213 Å². The molecule has 0 N–H and O–H groups in total. The van der Waals surface area contributed by atoms with Crippen molar-refractivity contribution >= 4 is 17.9 Å². The molecule has 0 saturated carbocycles. The lowest BCUT2D eigenvalue weighted by Gasteiger charge is -2.18. The molecule has 0 aromatic carbocycles. The number of hydrogen-bond acceptors (Lipinski definition) is 6. The molecule has 0 saturated heterocycles. The average molecular weight is 781 g/mol. The van der Waals surface area contributed by atoms with Crippen molar-refractivity contribution in [1.29, 1.82) is 0 Å². The first-order valence-electron chi connectivity index (χ1n) is 23.0. The third-order valence-electron chi connectivity index (χ3n) is 9.52. The lowest BCUT2D eigenvalue weighted by Crippen LogP contribution is -2.30. The van der Waals surface area contributed by atoms with Gasteiger partial charge in [0.25, 0.3) is 0 Å². The standard InChI is InChI=1S/C50H84O6/c1-4-7-10-13-16-19-21-23-24-25-27-28-31-34-37-40-43-49(52)55-46-47(45-54-48(51)42-39-36-33-30-18-15-12-9-6-3)56-50(53)44-41-38-35-32-29-26-22-20-17-14-11-8-5-2/h7-8,10-11,14,16-17,19-20,22-24,47H,4-6,9,12-13,15,18,21,25-46H2,1-3H3/b10-7-,11-8-,17-14-,19-16-,22-20-,24-23-. The van der Waals surface area contributed by atoms with Crippen molar-refractivity contribution in [2.24, 2.45) is 0 Å². The Bertz CT molecular complexity index is 1080. The normalized spacial score (nSPS) is 12.7. The molecule has 1 unspecified atom stereocenters. The molecule has 6 heteroatoms. The van der Waals surface area contributed by atoms with Gasteiger partial charge in [0, 0.05) is 19.3 Å². The first-order valence-corrected chi connectivity index (χ1v) is 23.0. The minimum Gasteiger partial charge on any atom is -0.462 e. The van der Waals surface area contributed by atoms with Crippen LogP contribution in [0.4, 0.5) is 0 Å². The molecule has 0 aliphatic rings. The molecule has 0 aromatic heterocycles. The summed E-state index contributed by atoms with van der Waals surface area (Å²) in [5.74, 6) is -0.929. The molecule has 0 fully saturated rings. The van der Waals surface area contributed by atoms with E-state index in [1.807, 2.05) is 0 Å². The van der Waals surface area contributed by atoms with Crippen molar-refractivity contribution in [1.82, 2.24) is 0 Å². The summed E-state index contributed by atoms with van der Waals surface area (Å²) in [4.78, 5) is 37.7. The first kappa shape index (κ1) is 52.9. The number of carbonyl (C=O) groups is 3. The first-order chi connectivity index (χ1) is 27.5. The van der Waals surface area contributed by atoms with Crippen LogP contribution >= 0.6 is 0 Å². The fourth-order valence-corrected chi connectivity index (χ4v) is 6.10. The second kappa shape index (κ2) is 44.6. The average Bonchev–Trinajstić information content (AvgIpc) is 3.19. The van der Waals surface area contributed by atoms with Gasteiger partial charge in [-0.05, 0) is 70.6 Å². The van der Waals surface area contributed by atoms with E-state index < -0.39 is 6.10 Å². The van der Waals surface area contributed by atoms with Gasteiger partial charge in [-0.3, -0.25) is 14.4 Å². The number of ether oxygens (including phenoxy) is 3. The van der Waals surface area contributed by atoms with Crippen molar-refractivity contribution < 1.29 is 28.6 Å². The summed E-state index contributed by atoms with van der Waals surface area (Å²) in [6, 6.07) is 0. The maximum atomic E-state index is 12.7. The van der Waals surface area contributed by atoms with E-state index in [4.69, 9.17) is 14.2 Å². The number of hydrogen-bond donors (Lipinski definition) is 0. The van der Waals surface area contributed by atoms with Crippen LogP contribution in [0, 0.1) is 0 Å². The summed E-state index contributed by atoms with van der Waals surface area (Å²) in [6.45, 7) is 6.33. The fourth-order valence-electron chi connectivity index (χ4n) is 6.10. The quantitative estimate of drug-likeness (QED) is 0.0203. The largest absolute Gasteiger partial charge is 0.462 e. The molecular weight excluding hydrogens is 697 g/mol. The van der Waals surface area contributed by atoms with Gasteiger partial charge in [0.2, 0.25) is 0 Å². The highest BCUT2D eigenvalue weighted by Crippen LogP contribution is 2.13. The van der Waals surface area contributed by atoms with Gasteiger partial charge >= 0.3 is 17.9 Å². The minimum absolute atomic E-state index is 0.0879. The van der Waals surface area contributed by atoms with E-state index in [0.29, 0.717) is 19.3 Å². The molecule has 0 radical (unpaired) electrons. The fraction of sp³-hybridized carbons (Fsp3) is 0.700. The highest BCUT2D eigenvalue weighted by atomic mass is 16.6. The van der Waals surface area contributed by atoms with Crippen LogP contribution in [0.2, 0.25) is 0 Å². The summed E-state index contributed by atoms with van der Waals surface area (Å²) in [5, 5.41) is 0. The summed E-state index contributed by atoms with van der Waals surface area (Å²) in [7, 11) is 0. The number of allylic oxidation sites excluding steroid dienone is 12. The molecule has 0 aliphatic heterocycles. The van der Waals surface area contributed by atoms with Crippen LogP contribution in [0.15, 0.2) is 72.9 Å². The highest BCUT2D eigenvalue weighted by molar-refractivity contribution is 5.71. The summed E-state index contributed by atoms with van der Waals surface area (Å²) < 4.78 is 16.7. The van der Waals surface area contributed by atoms with Gasteiger partial charge in [0.15, 0.2) is 6.10 Å². The zero-order valence-corrected chi connectivity index (χ0v) is 36.4. The maximum Gasteiger partial charge on any atom is 0.306 e. The number of carbonyl (C=O) groups excluding carboxylic acids is 3. The van der Waals surface area contributed by atoms with Gasteiger partial charge in [-0.2, -0.15) is 0 Å². The van der Waals surface area contributed by atoms with Crippen LogP contribution < -0.4 is 0 Å². The van der Waals surface area contributed by atoms with E-state index >= 15 is 0 Å².